The number of benzene rings is 1. The summed E-state index contributed by atoms with van der Waals surface area (Å²) in [5.74, 6) is -0.669. The van der Waals surface area contributed by atoms with E-state index >= 15 is 0 Å². The molecule has 1 aliphatic carbocycles. The molecule has 0 fully saturated rings. The Morgan fingerprint density at radius 1 is 1.23 bits per heavy atom. The number of aryl methyl sites for hydroxylation is 1. The van der Waals surface area contributed by atoms with Crippen LogP contribution in [0.5, 0.6) is 0 Å². The summed E-state index contributed by atoms with van der Waals surface area (Å²) >= 11 is 0. The van der Waals surface area contributed by atoms with Crippen molar-refractivity contribution in [2.75, 3.05) is 13.2 Å². The highest BCUT2D eigenvalue weighted by molar-refractivity contribution is 6.04. The molecule has 1 aliphatic rings. The minimum absolute atomic E-state index is 0.177. The van der Waals surface area contributed by atoms with Crippen molar-refractivity contribution in [3.05, 3.63) is 53.4 Å². The zero-order chi connectivity index (χ0) is 18.5. The van der Waals surface area contributed by atoms with Crippen molar-refractivity contribution in [3.63, 3.8) is 0 Å². The summed E-state index contributed by atoms with van der Waals surface area (Å²) in [4.78, 5) is 31.3. The third-order valence-corrected chi connectivity index (χ3v) is 4.62. The summed E-state index contributed by atoms with van der Waals surface area (Å²) in [6.07, 6.45) is 6.28. The van der Waals surface area contributed by atoms with Gasteiger partial charge in [0.1, 0.15) is 0 Å². The molecule has 0 saturated heterocycles. The highest BCUT2D eigenvalue weighted by Gasteiger charge is 2.20. The molecular weight excluding hydrogens is 328 g/mol. The van der Waals surface area contributed by atoms with Crippen LogP contribution in [0.2, 0.25) is 0 Å². The topological polar surface area (TPSA) is 59.5 Å². The number of carbonyl (C=O) groups excluding carboxylic acids is 2. The zero-order valence-corrected chi connectivity index (χ0v) is 15.3. The van der Waals surface area contributed by atoms with Gasteiger partial charge in [0, 0.05) is 23.3 Å². The van der Waals surface area contributed by atoms with E-state index in [-0.39, 0.29) is 12.5 Å². The van der Waals surface area contributed by atoms with Gasteiger partial charge in [-0.3, -0.25) is 9.78 Å². The third-order valence-electron chi connectivity index (χ3n) is 4.62. The molecule has 1 aromatic heterocycles. The van der Waals surface area contributed by atoms with Gasteiger partial charge >= 0.3 is 5.97 Å². The highest BCUT2D eigenvalue weighted by atomic mass is 16.5. The quantitative estimate of drug-likeness (QED) is 0.763. The Kier molecular flexibility index (Phi) is 5.66. The van der Waals surface area contributed by atoms with E-state index in [1.54, 1.807) is 11.0 Å². The SMILES string of the molecule is CCN(C(=O)COC(=O)c1cc(C)nc2ccccc12)C1=CCCCC1. The van der Waals surface area contributed by atoms with Crippen LogP contribution in [0.4, 0.5) is 0 Å². The Bertz CT molecular complexity index is 857. The number of amides is 1. The molecule has 1 heterocycles. The van der Waals surface area contributed by atoms with Crippen LogP contribution in [0.1, 0.15) is 48.7 Å². The van der Waals surface area contributed by atoms with Gasteiger partial charge < -0.3 is 9.64 Å². The number of pyridine rings is 1. The maximum Gasteiger partial charge on any atom is 0.339 e. The van der Waals surface area contributed by atoms with Crippen molar-refractivity contribution in [2.24, 2.45) is 0 Å². The minimum atomic E-state index is -0.492. The summed E-state index contributed by atoms with van der Waals surface area (Å²) in [5.41, 5.74) is 2.98. The fourth-order valence-corrected chi connectivity index (χ4v) is 3.37. The van der Waals surface area contributed by atoms with Crippen molar-refractivity contribution in [2.45, 2.75) is 39.5 Å². The number of allylic oxidation sites excluding steroid dienone is 2. The van der Waals surface area contributed by atoms with E-state index in [1.807, 2.05) is 38.1 Å². The van der Waals surface area contributed by atoms with E-state index in [0.29, 0.717) is 12.1 Å². The van der Waals surface area contributed by atoms with Crippen LogP contribution in [0.15, 0.2) is 42.1 Å². The number of para-hydroxylation sites is 1. The lowest BCUT2D eigenvalue weighted by atomic mass is 10.0. The summed E-state index contributed by atoms with van der Waals surface area (Å²) in [5, 5.41) is 0.734. The molecule has 5 heteroatoms. The zero-order valence-electron chi connectivity index (χ0n) is 15.3. The van der Waals surface area contributed by atoms with Crippen LogP contribution in [-0.4, -0.2) is 34.9 Å². The van der Waals surface area contributed by atoms with Gasteiger partial charge in [0.25, 0.3) is 5.91 Å². The highest BCUT2D eigenvalue weighted by Crippen LogP contribution is 2.22. The summed E-state index contributed by atoms with van der Waals surface area (Å²) < 4.78 is 5.34. The number of rotatable bonds is 5. The number of esters is 1. The second kappa shape index (κ2) is 8.13. The van der Waals surface area contributed by atoms with Gasteiger partial charge in [0.15, 0.2) is 6.61 Å². The molecule has 0 N–H and O–H groups in total. The predicted octanol–water partition coefficient (Wildman–Crippen LogP) is 4.01. The molecule has 136 valence electrons. The van der Waals surface area contributed by atoms with Crippen LogP contribution in [-0.2, 0) is 9.53 Å². The Morgan fingerprint density at radius 3 is 2.77 bits per heavy atom. The average molecular weight is 352 g/mol. The molecule has 0 bridgehead atoms. The third kappa shape index (κ3) is 3.93. The molecular formula is C21H24N2O3. The van der Waals surface area contributed by atoms with Crippen molar-refractivity contribution >= 4 is 22.8 Å². The first kappa shape index (κ1) is 18.1. The number of carbonyl (C=O) groups is 2. The van der Waals surface area contributed by atoms with E-state index in [1.165, 1.54) is 6.42 Å². The lowest BCUT2D eigenvalue weighted by molar-refractivity contribution is -0.132. The second-order valence-corrected chi connectivity index (χ2v) is 6.48. The molecule has 1 amide bonds. The first-order valence-electron chi connectivity index (χ1n) is 9.13. The minimum Gasteiger partial charge on any atom is -0.452 e. The van der Waals surface area contributed by atoms with Crippen LogP contribution in [0.3, 0.4) is 0 Å². The summed E-state index contributed by atoms with van der Waals surface area (Å²) in [6, 6.07) is 9.14. The molecule has 5 nitrogen and oxygen atoms in total. The fraction of sp³-hybridized carbons (Fsp3) is 0.381. The van der Waals surface area contributed by atoms with Gasteiger partial charge in [-0.25, -0.2) is 4.79 Å². The van der Waals surface area contributed by atoms with E-state index in [0.717, 1.165) is 41.6 Å². The van der Waals surface area contributed by atoms with Gasteiger partial charge in [0.05, 0.1) is 11.1 Å². The first-order valence-corrected chi connectivity index (χ1v) is 9.13. The smallest absolute Gasteiger partial charge is 0.339 e. The van der Waals surface area contributed by atoms with Crippen LogP contribution in [0, 0.1) is 6.92 Å². The predicted molar refractivity (Wildman–Crippen MR) is 101 cm³/mol. The van der Waals surface area contributed by atoms with Gasteiger partial charge in [0.2, 0.25) is 0 Å². The van der Waals surface area contributed by atoms with Crippen LogP contribution >= 0.6 is 0 Å². The van der Waals surface area contributed by atoms with Gasteiger partial charge in [-0.2, -0.15) is 0 Å². The van der Waals surface area contributed by atoms with E-state index in [4.69, 9.17) is 4.74 Å². The molecule has 0 saturated carbocycles. The standard InChI is InChI=1S/C21H24N2O3/c1-3-23(16-9-5-4-6-10-16)20(24)14-26-21(25)18-13-15(2)22-19-12-8-7-11-17(18)19/h7-9,11-13H,3-6,10,14H2,1-2H3. The lowest BCUT2D eigenvalue weighted by Gasteiger charge is -2.26. The Balaban J connectivity index is 1.72. The molecule has 0 atom stereocenters. The number of nitrogens with zero attached hydrogens (tertiary/aromatic N) is 2. The lowest BCUT2D eigenvalue weighted by Crippen LogP contribution is -2.34. The summed E-state index contributed by atoms with van der Waals surface area (Å²) in [7, 11) is 0. The number of hydrogen-bond acceptors (Lipinski definition) is 4. The molecule has 3 rings (SSSR count). The monoisotopic (exact) mass is 352 g/mol. The van der Waals surface area contributed by atoms with Crippen molar-refractivity contribution in [3.8, 4) is 0 Å². The average Bonchev–Trinajstić information content (AvgIpc) is 2.66. The molecule has 0 radical (unpaired) electrons. The van der Waals surface area contributed by atoms with Crippen molar-refractivity contribution in [1.29, 1.82) is 0 Å². The van der Waals surface area contributed by atoms with Gasteiger partial charge in [-0.1, -0.05) is 24.3 Å². The molecule has 0 spiro atoms. The molecule has 0 aliphatic heterocycles. The van der Waals surface area contributed by atoms with Gasteiger partial charge in [-0.05, 0) is 51.7 Å². The Morgan fingerprint density at radius 2 is 2.04 bits per heavy atom. The number of likely N-dealkylation sites (N-methyl/N-ethyl adjacent to an activating group) is 1. The van der Waals surface area contributed by atoms with Gasteiger partial charge in [-0.15, -0.1) is 0 Å². The van der Waals surface area contributed by atoms with Crippen LogP contribution in [0.25, 0.3) is 10.9 Å². The second-order valence-electron chi connectivity index (χ2n) is 6.48. The number of aromatic nitrogens is 1. The first-order chi connectivity index (χ1) is 12.6. The molecule has 26 heavy (non-hydrogen) atoms. The van der Waals surface area contributed by atoms with Crippen LogP contribution < -0.4 is 0 Å². The number of hydrogen-bond donors (Lipinski definition) is 0. The Hall–Kier alpha value is -2.69. The number of ether oxygens (including phenoxy) is 1. The van der Waals surface area contributed by atoms with E-state index in [9.17, 15) is 9.59 Å². The molecule has 1 aromatic carbocycles. The van der Waals surface area contributed by atoms with E-state index < -0.39 is 5.97 Å². The Labute approximate surface area is 153 Å². The molecule has 2 aromatic rings. The normalized spacial score (nSPS) is 14.0. The maximum absolute atomic E-state index is 12.6. The summed E-state index contributed by atoms with van der Waals surface area (Å²) in [6.45, 7) is 4.11. The maximum atomic E-state index is 12.6. The van der Waals surface area contributed by atoms with Crippen molar-refractivity contribution in [1.82, 2.24) is 9.88 Å². The largest absolute Gasteiger partial charge is 0.452 e. The fourth-order valence-electron chi connectivity index (χ4n) is 3.37. The number of fused-ring (bicyclic) bond motifs is 1. The van der Waals surface area contributed by atoms with E-state index in [2.05, 4.69) is 11.1 Å². The molecule has 0 unspecified atom stereocenters. The van der Waals surface area contributed by atoms with Crippen molar-refractivity contribution < 1.29 is 14.3 Å².